The second-order valence-electron chi connectivity index (χ2n) is 6.20. The van der Waals surface area contributed by atoms with Crippen molar-refractivity contribution in [3.8, 4) is 11.4 Å². The van der Waals surface area contributed by atoms with Gasteiger partial charge in [-0.2, -0.15) is 0 Å². The molecule has 1 saturated heterocycles. The van der Waals surface area contributed by atoms with Crippen molar-refractivity contribution in [2.45, 2.75) is 32.4 Å². The van der Waals surface area contributed by atoms with Crippen LogP contribution in [-0.2, 0) is 6.54 Å². The van der Waals surface area contributed by atoms with E-state index in [2.05, 4.69) is 56.8 Å². The molecule has 4 rings (SSSR count). The minimum absolute atomic E-state index is 0.626. The van der Waals surface area contributed by atoms with Crippen LogP contribution in [0, 0.1) is 0 Å². The fourth-order valence-corrected chi connectivity index (χ4v) is 3.74. The van der Waals surface area contributed by atoms with Crippen LogP contribution in [0.5, 0.6) is 0 Å². The summed E-state index contributed by atoms with van der Waals surface area (Å²) >= 11 is 0. The van der Waals surface area contributed by atoms with Gasteiger partial charge in [-0.15, -0.1) is 0 Å². The zero-order chi connectivity index (χ0) is 15.6. The Labute approximate surface area is 136 Å². The Hall–Kier alpha value is -2.20. The predicted octanol–water partition coefficient (Wildman–Crippen LogP) is 3.58. The van der Waals surface area contributed by atoms with Crippen LogP contribution in [0.4, 0.5) is 0 Å². The first-order valence-corrected chi connectivity index (χ1v) is 8.46. The Morgan fingerprint density at radius 3 is 3.00 bits per heavy atom. The summed E-state index contributed by atoms with van der Waals surface area (Å²) in [5, 5.41) is 1.17. The summed E-state index contributed by atoms with van der Waals surface area (Å²) in [7, 11) is 0. The van der Waals surface area contributed by atoms with Crippen LogP contribution < -0.4 is 0 Å². The molecule has 0 spiro atoms. The molecule has 4 heteroatoms. The van der Waals surface area contributed by atoms with E-state index in [4.69, 9.17) is 0 Å². The average molecular weight is 306 g/mol. The van der Waals surface area contributed by atoms with Gasteiger partial charge < -0.3 is 4.57 Å². The number of rotatable bonds is 4. The molecule has 4 nitrogen and oxygen atoms in total. The molecule has 3 heterocycles. The van der Waals surface area contributed by atoms with Crippen molar-refractivity contribution in [3.63, 3.8) is 0 Å². The summed E-state index contributed by atoms with van der Waals surface area (Å²) in [6.45, 7) is 5.62. The standard InChI is InChI=1S/C19H22N4/c1-2-22-12-5-6-15(22)14-23-13-11-21-19(23)17-7-3-9-18-16(17)8-4-10-20-18/h3-4,7-11,13,15H,2,5-6,12,14H2,1H3. The van der Waals surface area contributed by atoms with Crippen LogP contribution in [0.1, 0.15) is 19.8 Å². The van der Waals surface area contributed by atoms with Crippen molar-refractivity contribution < 1.29 is 0 Å². The molecule has 23 heavy (non-hydrogen) atoms. The number of aromatic nitrogens is 3. The van der Waals surface area contributed by atoms with Crippen LogP contribution in [0.3, 0.4) is 0 Å². The molecule has 0 aliphatic carbocycles. The number of likely N-dealkylation sites (tertiary alicyclic amines) is 1. The van der Waals surface area contributed by atoms with E-state index in [-0.39, 0.29) is 0 Å². The SMILES string of the molecule is CCN1CCCC1Cn1ccnc1-c1cccc2ncccc12. The van der Waals surface area contributed by atoms with Gasteiger partial charge in [0.15, 0.2) is 0 Å². The molecule has 1 unspecified atom stereocenters. The fraction of sp³-hybridized carbons (Fsp3) is 0.368. The number of hydrogen-bond donors (Lipinski definition) is 0. The van der Waals surface area contributed by atoms with Gasteiger partial charge in [-0.25, -0.2) is 4.98 Å². The smallest absolute Gasteiger partial charge is 0.140 e. The highest BCUT2D eigenvalue weighted by atomic mass is 15.2. The number of hydrogen-bond acceptors (Lipinski definition) is 3. The quantitative estimate of drug-likeness (QED) is 0.739. The maximum absolute atomic E-state index is 4.65. The van der Waals surface area contributed by atoms with E-state index in [9.17, 15) is 0 Å². The van der Waals surface area contributed by atoms with Crippen LogP contribution in [0.15, 0.2) is 48.9 Å². The van der Waals surface area contributed by atoms with Crippen molar-refractivity contribution >= 4 is 10.9 Å². The Morgan fingerprint density at radius 2 is 2.09 bits per heavy atom. The van der Waals surface area contributed by atoms with Crippen LogP contribution >= 0.6 is 0 Å². The van der Waals surface area contributed by atoms with E-state index >= 15 is 0 Å². The second-order valence-corrected chi connectivity index (χ2v) is 6.20. The number of benzene rings is 1. The highest BCUT2D eigenvalue weighted by Gasteiger charge is 2.24. The highest BCUT2D eigenvalue weighted by molar-refractivity contribution is 5.92. The highest BCUT2D eigenvalue weighted by Crippen LogP contribution is 2.27. The number of likely N-dealkylation sites (N-methyl/N-ethyl adjacent to an activating group) is 1. The normalized spacial score (nSPS) is 18.7. The summed E-state index contributed by atoms with van der Waals surface area (Å²) in [5.74, 6) is 1.05. The molecule has 0 radical (unpaired) electrons. The Balaban J connectivity index is 1.72. The molecule has 0 amide bonds. The van der Waals surface area contributed by atoms with Crippen molar-refractivity contribution in [1.29, 1.82) is 0 Å². The van der Waals surface area contributed by atoms with E-state index in [0.717, 1.165) is 24.4 Å². The van der Waals surface area contributed by atoms with Crippen molar-refractivity contribution in [2.24, 2.45) is 0 Å². The molecule has 3 aromatic rings. The van der Waals surface area contributed by atoms with Gasteiger partial charge in [-0.1, -0.05) is 25.1 Å². The summed E-state index contributed by atoms with van der Waals surface area (Å²) < 4.78 is 2.31. The van der Waals surface area contributed by atoms with Crippen LogP contribution in [-0.4, -0.2) is 38.6 Å². The second kappa shape index (κ2) is 6.13. The van der Waals surface area contributed by atoms with E-state index in [0.29, 0.717) is 6.04 Å². The summed E-state index contributed by atoms with van der Waals surface area (Å²) in [5.41, 5.74) is 2.19. The molecule has 1 atom stereocenters. The lowest BCUT2D eigenvalue weighted by Gasteiger charge is -2.24. The Morgan fingerprint density at radius 1 is 1.13 bits per heavy atom. The lowest BCUT2D eigenvalue weighted by Crippen LogP contribution is -2.32. The first-order valence-electron chi connectivity index (χ1n) is 8.46. The molecule has 1 aromatic carbocycles. The molecule has 0 N–H and O–H groups in total. The molecule has 0 saturated carbocycles. The topological polar surface area (TPSA) is 34.0 Å². The van der Waals surface area contributed by atoms with Gasteiger partial charge >= 0.3 is 0 Å². The van der Waals surface area contributed by atoms with Crippen LogP contribution in [0.25, 0.3) is 22.3 Å². The zero-order valence-electron chi connectivity index (χ0n) is 13.5. The first-order chi connectivity index (χ1) is 11.4. The predicted molar refractivity (Wildman–Crippen MR) is 93.2 cm³/mol. The Bertz CT molecular complexity index is 802. The maximum Gasteiger partial charge on any atom is 0.140 e. The van der Waals surface area contributed by atoms with Gasteiger partial charge in [0.1, 0.15) is 5.82 Å². The van der Waals surface area contributed by atoms with Crippen LogP contribution in [0.2, 0.25) is 0 Å². The number of nitrogens with zero attached hydrogens (tertiary/aromatic N) is 4. The van der Waals surface area contributed by atoms with Gasteiger partial charge in [0.2, 0.25) is 0 Å². The Kier molecular flexibility index (Phi) is 3.83. The third-order valence-electron chi connectivity index (χ3n) is 4.91. The van der Waals surface area contributed by atoms with E-state index in [1.165, 1.54) is 30.3 Å². The van der Waals surface area contributed by atoms with E-state index in [1.807, 2.05) is 18.5 Å². The molecule has 1 fully saturated rings. The van der Waals surface area contributed by atoms with Crippen molar-refractivity contribution in [2.75, 3.05) is 13.1 Å². The fourth-order valence-electron chi connectivity index (χ4n) is 3.74. The summed E-state index contributed by atoms with van der Waals surface area (Å²) in [6, 6.07) is 11.0. The van der Waals surface area contributed by atoms with Gasteiger partial charge in [0.05, 0.1) is 5.52 Å². The minimum Gasteiger partial charge on any atom is -0.329 e. The van der Waals surface area contributed by atoms with Gasteiger partial charge in [0, 0.05) is 42.1 Å². The summed E-state index contributed by atoms with van der Waals surface area (Å²) in [6.07, 6.45) is 8.45. The molecule has 1 aliphatic heterocycles. The summed E-state index contributed by atoms with van der Waals surface area (Å²) in [4.78, 5) is 11.7. The van der Waals surface area contributed by atoms with Gasteiger partial charge in [0.25, 0.3) is 0 Å². The number of fused-ring (bicyclic) bond motifs is 1. The lowest BCUT2D eigenvalue weighted by molar-refractivity contribution is 0.245. The van der Waals surface area contributed by atoms with Crippen molar-refractivity contribution in [1.82, 2.24) is 19.4 Å². The third-order valence-corrected chi connectivity index (χ3v) is 4.91. The molecular formula is C19H22N4. The number of imidazole rings is 1. The van der Waals surface area contributed by atoms with E-state index < -0.39 is 0 Å². The molecule has 118 valence electrons. The molecular weight excluding hydrogens is 284 g/mol. The third kappa shape index (κ3) is 2.63. The first kappa shape index (κ1) is 14.4. The average Bonchev–Trinajstić information content (AvgIpc) is 3.24. The number of pyridine rings is 1. The largest absolute Gasteiger partial charge is 0.329 e. The van der Waals surface area contributed by atoms with Gasteiger partial charge in [-0.05, 0) is 38.1 Å². The molecule has 2 aromatic heterocycles. The zero-order valence-corrected chi connectivity index (χ0v) is 13.5. The minimum atomic E-state index is 0.626. The maximum atomic E-state index is 4.65. The van der Waals surface area contributed by atoms with Crippen molar-refractivity contribution in [3.05, 3.63) is 48.9 Å². The lowest BCUT2D eigenvalue weighted by atomic mass is 10.1. The monoisotopic (exact) mass is 306 g/mol. The van der Waals surface area contributed by atoms with E-state index in [1.54, 1.807) is 0 Å². The van der Waals surface area contributed by atoms with Gasteiger partial charge in [-0.3, -0.25) is 9.88 Å². The molecule has 1 aliphatic rings. The molecule has 0 bridgehead atoms.